The summed E-state index contributed by atoms with van der Waals surface area (Å²) in [5.74, 6) is -0.712. The molecule has 0 saturated carbocycles. The molecule has 116 valence electrons. The Balaban J connectivity index is 2.57. The average Bonchev–Trinajstić information content (AvgIpc) is 2.84. The van der Waals surface area contributed by atoms with E-state index in [-0.39, 0.29) is 11.9 Å². The van der Waals surface area contributed by atoms with Crippen molar-refractivity contribution in [2.24, 2.45) is 5.41 Å². The van der Waals surface area contributed by atoms with Crippen LogP contribution in [-0.2, 0) is 9.59 Å². The average molecular weight is 284 g/mol. The lowest BCUT2D eigenvalue weighted by atomic mass is 9.83. The Kier molecular flexibility index (Phi) is 6.46. The van der Waals surface area contributed by atoms with Gasteiger partial charge in [-0.15, -0.1) is 0 Å². The molecule has 0 bridgehead atoms. The zero-order valence-electron chi connectivity index (χ0n) is 12.9. The van der Waals surface area contributed by atoms with E-state index in [4.69, 9.17) is 0 Å². The largest absolute Gasteiger partial charge is 0.481 e. The molecule has 1 aliphatic heterocycles. The van der Waals surface area contributed by atoms with Gasteiger partial charge in [0.2, 0.25) is 5.91 Å². The number of rotatable bonds is 8. The van der Waals surface area contributed by atoms with Crippen LogP contribution >= 0.6 is 0 Å². The fourth-order valence-electron chi connectivity index (χ4n) is 2.90. The van der Waals surface area contributed by atoms with Gasteiger partial charge in [0.1, 0.15) is 0 Å². The number of amides is 1. The van der Waals surface area contributed by atoms with Gasteiger partial charge in [0.25, 0.3) is 0 Å². The zero-order valence-corrected chi connectivity index (χ0v) is 12.9. The predicted octanol–water partition coefficient (Wildman–Crippen LogP) is 1.87. The maximum absolute atomic E-state index is 12.0. The number of carbonyl (C=O) groups is 2. The van der Waals surface area contributed by atoms with Crippen LogP contribution in [0, 0.1) is 5.41 Å². The van der Waals surface area contributed by atoms with Gasteiger partial charge >= 0.3 is 5.97 Å². The molecule has 1 saturated heterocycles. The second-order valence-corrected chi connectivity index (χ2v) is 5.88. The molecule has 1 fully saturated rings. The Morgan fingerprint density at radius 2 is 2.05 bits per heavy atom. The number of unbranched alkanes of at least 4 members (excludes halogenated alkanes) is 1. The molecule has 2 atom stereocenters. The molecule has 20 heavy (non-hydrogen) atoms. The van der Waals surface area contributed by atoms with Crippen LogP contribution in [-0.4, -0.2) is 47.6 Å². The summed E-state index contributed by atoms with van der Waals surface area (Å²) in [6, 6.07) is -0.245. The van der Waals surface area contributed by atoms with Crippen molar-refractivity contribution in [3.63, 3.8) is 0 Å². The molecule has 0 radical (unpaired) electrons. The van der Waals surface area contributed by atoms with Crippen molar-refractivity contribution >= 4 is 11.9 Å². The Hall–Kier alpha value is -1.10. The Morgan fingerprint density at radius 1 is 1.35 bits per heavy atom. The van der Waals surface area contributed by atoms with Crippen molar-refractivity contribution in [3.05, 3.63) is 0 Å². The van der Waals surface area contributed by atoms with Crippen molar-refractivity contribution in [2.75, 3.05) is 19.6 Å². The van der Waals surface area contributed by atoms with Gasteiger partial charge in [0, 0.05) is 19.6 Å². The summed E-state index contributed by atoms with van der Waals surface area (Å²) in [4.78, 5) is 25.6. The monoisotopic (exact) mass is 284 g/mol. The normalized spacial score (nSPS) is 24.6. The minimum absolute atomic E-state index is 0.0103. The summed E-state index contributed by atoms with van der Waals surface area (Å²) < 4.78 is 0. The number of hydrogen-bond donors (Lipinski definition) is 2. The maximum Gasteiger partial charge on any atom is 0.310 e. The van der Waals surface area contributed by atoms with Gasteiger partial charge < -0.3 is 10.4 Å². The summed E-state index contributed by atoms with van der Waals surface area (Å²) >= 11 is 0. The Bertz CT molecular complexity index is 346. The highest BCUT2D eigenvalue weighted by atomic mass is 16.4. The van der Waals surface area contributed by atoms with Gasteiger partial charge in [0.05, 0.1) is 11.5 Å². The first-order valence-corrected chi connectivity index (χ1v) is 7.72. The second kappa shape index (κ2) is 7.62. The number of carbonyl (C=O) groups excluding carboxylic acids is 1. The molecule has 2 unspecified atom stereocenters. The van der Waals surface area contributed by atoms with Crippen LogP contribution in [0.25, 0.3) is 0 Å². The minimum atomic E-state index is -0.722. The Labute approximate surface area is 121 Å². The minimum Gasteiger partial charge on any atom is -0.481 e. The van der Waals surface area contributed by atoms with Crippen LogP contribution in [0.3, 0.4) is 0 Å². The summed E-state index contributed by atoms with van der Waals surface area (Å²) in [5.41, 5.74) is -0.660. The van der Waals surface area contributed by atoms with Crippen molar-refractivity contribution in [1.29, 1.82) is 0 Å². The highest BCUT2D eigenvalue weighted by Gasteiger charge is 2.45. The molecule has 0 aromatic heterocycles. The molecule has 1 heterocycles. The molecule has 1 aliphatic rings. The van der Waals surface area contributed by atoms with Gasteiger partial charge in [0.15, 0.2) is 0 Å². The second-order valence-electron chi connectivity index (χ2n) is 5.88. The number of nitrogens with zero attached hydrogens (tertiary/aromatic N) is 1. The molecule has 5 heteroatoms. The molecule has 0 spiro atoms. The first-order chi connectivity index (χ1) is 9.46. The van der Waals surface area contributed by atoms with Gasteiger partial charge in [-0.1, -0.05) is 26.7 Å². The molecule has 0 aromatic carbocycles. The van der Waals surface area contributed by atoms with Crippen molar-refractivity contribution in [1.82, 2.24) is 10.2 Å². The van der Waals surface area contributed by atoms with Crippen LogP contribution in [0.15, 0.2) is 0 Å². The topological polar surface area (TPSA) is 69.6 Å². The SMILES string of the molecule is CCCCNC(=O)C(C)N1CCC(CCC)(C(=O)O)C1. The molecule has 2 N–H and O–H groups in total. The lowest BCUT2D eigenvalue weighted by Crippen LogP contribution is -2.46. The van der Waals surface area contributed by atoms with E-state index >= 15 is 0 Å². The van der Waals surface area contributed by atoms with Crippen LogP contribution in [0.5, 0.6) is 0 Å². The number of carboxylic acid groups (broad SMARTS) is 1. The van der Waals surface area contributed by atoms with Crippen LogP contribution in [0.2, 0.25) is 0 Å². The van der Waals surface area contributed by atoms with Crippen LogP contribution < -0.4 is 5.32 Å². The van der Waals surface area contributed by atoms with E-state index < -0.39 is 11.4 Å². The van der Waals surface area contributed by atoms with E-state index in [1.165, 1.54) is 0 Å². The van der Waals surface area contributed by atoms with E-state index in [2.05, 4.69) is 12.2 Å². The number of nitrogens with one attached hydrogen (secondary N) is 1. The van der Waals surface area contributed by atoms with Crippen molar-refractivity contribution in [2.45, 2.75) is 58.9 Å². The highest BCUT2D eigenvalue weighted by Crippen LogP contribution is 2.36. The van der Waals surface area contributed by atoms with E-state index in [1.807, 2.05) is 18.7 Å². The maximum atomic E-state index is 12.0. The van der Waals surface area contributed by atoms with E-state index in [9.17, 15) is 14.7 Å². The molecule has 1 rings (SSSR count). The summed E-state index contributed by atoms with van der Waals surface area (Å²) in [6.07, 6.45) is 4.22. The molecular weight excluding hydrogens is 256 g/mol. The Morgan fingerprint density at radius 3 is 2.60 bits per heavy atom. The molecular formula is C15H28N2O3. The third kappa shape index (κ3) is 3.95. The van der Waals surface area contributed by atoms with E-state index in [0.717, 1.165) is 19.3 Å². The fourth-order valence-corrected chi connectivity index (χ4v) is 2.90. The van der Waals surface area contributed by atoms with Crippen LogP contribution in [0.4, 0.5) is 0 Å². The zero-order chi connectivity index (χ0) is 15.2. The van der Waals surface area contributed by atoms with Gasteiger partial charge in [-0.05, 0) is 26.2 Å². The summed E-state index contributed by atoms with van der Waals surface area (Å²) in [7, 11) is 0. The quantitative estimate of drug-likeness (QED) is 0.668. The summed E-state index contributed by atoms with van der Waals surface area (Å²) in [6.45, 7) is 7.83. The van der Waals surface area contributed by atoms with E-state index in [1.54, 1.807) is 0 Å². The summed E-state index contributed by atoms with van der Waals surface area (Å²) in [5, 5.41) is 12.4. The predicted molar refractivity (Wildman–Crippen MR) is 78.5 cm³/mol. The third-order valence-corrected chi connectivity index (χ3v) is 4.32. The first kappa shape index (κ1) is 17.0. The number of likely N-dealkylation sites (tertiary alicyclic amines) is 1. The highest BCUT2D eigenvalue weighted by molar-refractivity contribution is 5.82. The van der Waals surface area contributed by atoms with Crippen molar-refractivity contribution in [3.8, 4) is 0 Å². The molecule has 0 aliphatic carbocycles. The van der Waals surface area contributed by atoms with Crippen LogP contribution in [0.1, 0.15) is 52.9 Å². The number of hydrogen-bond acceptors (Lipinski definition) is 3. The molecule has 5 nitrogen and oxygen atoms in total. The smallest absolute Gasteiger partial charge is 0.310 e. The van der Waals surface area contributed by atoms with E-state index in [0.29, 0.717) is 32.5 Å². The van der Waals surface area contributed by atoms with Gasteiger partial charge in [-0.25, -0.2) is 0 Å². The number of carboxylic acids is 1. The lowest BCUT2D eigenvalue weighted by molar-refractivity contribution is -0.149. The van der Waals surface area contributed by atoms with Gasteiger partial charge in [-0.3, -0.25) is 14.5 Å². The first-order valence-electron chi connectivity index (χ1n) is 7.72. The van der Waals surface area contributed by atoms with Gasteiger partial charge in [-0.2, -0.15) is 0 Å². The molecule has 1 amide bonds. The molecule has 0 aromatic rings. The third-order valence-electron chi connectivity index (χ3n) is 4.32. The standard InChI is InChI=1S/C15H28N2O3/c1-4-6-9-16-13(18)12(3)17-10-8-15(11-17,7-5-2)14(19)20/h12H,4-11H2,1-3H3,(H,16,18)(H,19,20). The fraction of sp³-hybridized carbons (Fsp3) is 0.867. The van der Waals surface area contributed by atoms with Crippen molar-refractivity contribution < 1.29 is 14.7 Å². The lowest BCUT2D eigenvalue weighted by Gasteiger charge is -2.27. The number of aliphatic carboxylic acids is 1.